The SMILES string of the molecule is CCCCCCCCCCCC(=O)Oc1ccc(-c2ccc(OC(=O)CCCCCCCCCCC)c(=O)cc2)ccc1=O. The van der Waals surface area contributed by atoms with Crippen LogP contribution in [-0.4, -0.2) is 11.9 Å². The van der Waals surface area contributed by atoms with E-state index in [1.165, 1.54) is 101 Å². The fourth-order valence-corrected chi connectivity index (χ4v) is 5.16. The van der Waals surface area contributed by atoms with Crippen LogP contribution in [0.1, 0.15) is 142 Å². The highest BCUT2D eigenvalue weighted by molar-refractivity contribution is 5.73. The molecule has 0 N–H and O–H groups in total. The minimum absolute atomic E-state index is 0.0203. The Morgan fingerprint density at radius 2 is 0.727 bits per heavy atom. The Bertz CT molecular complexity index is 1140. The zero-order valence-electron chi connectivity index (χ0n) is 27.2. The standard InChI is InChI=1S/C38H54O6/c1-3-5-7-9-11-13-15-17-19-21-37(41)43-35-29-25-31(23-27-33(35)39)32-24-28-34(40)36(30-26-32)44-38(42)22-20-18-16-14-12-10-8-6-4-2/h23-30H,3-22H2,1-2H3. The van der Waals surface area contributed by atoms with Crippen molar-refractivity contribution in [3.05, 3.63) is 69.0 Å². The van der Waals surface area contributed by atoms with Gasteiger partial charge in [-0.2, -0.15) is 0 Å². The van der Waals surface area contributed by atoms with Gasteiger partial charge in [-0.1, -0.05) is 141 Å². The topological polar surface area (TPSA) is 86.7 Å². The summed E-state index contributed by atoms with van der Waals surface area (Å²) in [6.07, 6.45) is 21.3. The maximum atomic E-state index is 12.6. The maximum Gasteiger partial charge on any atom is 0.311 e. The van der Waals surface area contributed by atoms with Crippen LogP contribution in [0.15, 0.2) is 58.1 Å². The lowest BCUT2D eigenvalue weighted by Crippen LogP contribution is -2.12. The molecule has 0 fully saturated rings. The first-order chi connectivity index (χ1) is 21.4. The molecule has 44 heavy (non-hydrogen) atoms. The maximum absolute atomic E-state index is 12.6. The van der Waals surface area contributed by atoms with Crippen molar-refractivity contribution in [1.29, 1.82) is 0 Å². The molecular formula is C38H54O6. The number of ether oxygens (including phenoxy) is 2. The predicted molar refractivity (Wildman–Crippen MR) is 179 cm³/mol. The van der Waals surface area contributed by atoms with Gasteiger partial charge in [0.2, 0.25) is 10.9 Å². The third-order valence-electron chi connectivity index (χ3n) is 7.89. The molecule has 0 unspecified atom stereocenters. The van der Waals surface area contributed by atoms with Gasteiger partial charge in [0.05, 0.1) is 0 Å². The van der Waals surface area contributed by atoms with E-state index in [1.54, 1.807) is 24.3 Å². The van der Waals surface area contributed by atoms with Crippen LogP contribution in [0.25, 0.3) is 11.1 Å². The summed E-state index contributed by atoms with van der Waals surface area (Å²) in [4.78, 5) is 49.8. The van der Waals surface area contributed by atoms with E-state index in [9.17, 15) is 19.2 Å². The molecule has 2 aromatic carbocycles. The van der Waals surface area contributed by atoms with Gasteiger partial charge in [0.25, 0.3) is 0 Å². The van der Waals surface area contributed by atoms with Gasteiger partial charge in [0, 0.05) is 12.8 Å². The van der Waals surface area contributed by atoms with Gasteiger partial charge in [0.15, 0.2) is 11.5 Å². The van der Waals surface area contributed by atoms with Gasteiger partial charge >= 0.3 is 11.9 Å². The third kappa shape index (κ3) is 16.0. The number of rotatable bonds is 23. The van der Waals surface area contributed by atoms with Crippen LogP contribution in [-0.2, 0) is 9.59 Å². The van der Waals surface area contributed by atoms with Gasteiger partial charge < -0.3 is 9.47 Å². The summed E-state index contributed by atoms with van der Waals surface area (Å²) >= 11 is 0. The molecule has 0 radical (unpaired) electrons. The molecule has 0 aromatic heterocycles. The highest BCUT2D eigenvalue weighted by Gasteiger charge is 2.10. The molecule has 0 saturated heterocycles. The van der Waals surface area contributed by atoms with Crippen molar-refractivity contribution in [2.24, 2.45) is 0 Å². The van der Waals surface area contributed by atoms with Crippen LogP contribution in [0.3, 0.4) is 0 Å². The second kappa shape index (κ2) is 23.1. The number of hydrogen-bond acceptors (Lipinski definition) is 6. The van der Waals surface area contributed by atoms with Crippen molar-refractivity contribution >= 4 is 11.9 Å². The van der Waals surface area contributed by atoms with Crippen molar-refractivity contribution in [3.8, 4) is 22.6 Å². The molecule has 2 aromatic rings. The van der Waals surface area contributed by atoms with Crippen LogP contribution >= 0.6 is 0 Å². The number of esters is 2. The minimum Gasteiger partial charge on any atom is -0.422 e. The fourth-order valence-electron chi connectivity index (χ4n) is 5.16. The summed E-state index contributed by atoms with van der Waals surface area (Å²) in [5.74, 6) is -0.858. The van der Waals surface area contributed by atoms with Gasteiger partial charge in [-0.25, -0.2) is 0 Å². The van der Waals surface area contributed by atoms with Crippen LogP contribution in [0.4, 0.5) is 0 Å². The highest BCUT2D eigenvalue weighted by atomic mass is 16.5. The predicted octanol–water partition coefficient (Wildman–Crippen LogP) is 9.73. The second-order valence-corrected chi connectivity index (χ2v) is 11.8. The van der Waals surface area contributed by atoms with Crippen molar-refractivity contribution in [2.45, 2.75) is 142 Å². The molecule has 6 nitrogen and oxygen atoms in total. The van der Waals surface area contributed by atoms with E-state index in [-0.39, 0.29) is 24.3 Å². The summed E-state index contributed by atoms with van der Waals surface area (Å²) in [6.45, 7) is 4.43. The molecule has 0 amide bonds. The summed E-state index contributed by atoms with van der Waals surface area (Å²) in [5, 5.41) is 0. The van der Waals surface area contributed by atoms with E-state index in [1.807, 2.05) is 0 Å². The van der Waals surface area contributed by atoms with Crippen LogP contribution in [0, 0.1) is 0 Å². The summed E-state index contributed by atoms with van der Waals surface area (Å²) in [6, 6.07) is 12.3. The Labute approximate surface area is 264 Å². The Morgan fingerprint density at radius 1 is 0.432 bits per heavy atom. The monoisotopic (exact) mass is 606 g/mol. The summed E-state index contributed by atoms with van der Waals surface area (Å²) in [7, 11) is 0. The molecule has 0 aliphatic heterocycles. The molecular weight excluding hydrogens is 552 g/mol. The smallest absolute Gasteiger partial charge is 0.311 e. The quantitative estimate of drug-likeness (QED) is 0.0924. The minimum atomic E-state index is -0.409. The Morgan fingerprint density at radius 3 is 1.07 bits per heavy atom. The average Bonchev–Trinajstić information content (AvgIpc) is 3.30. The fraction of sp³-hybridized carbons (Fsp3) is 0.579. The number of unbranched alkanes of at least 4 members (excludes halogenated alkanes) is 16. The molecule has 0 aliphatic rings. The zero-order valence-corrected chi connectivity index (χ0v) is 27.2. The molecule has 6 heteroatoms. The molecule has 0 aliphatic carbocycles. The Balaban J connectivity index is 1.83. The molecule has 0 spiro atoms. The van der Waals surface area contributed by atoms with Crippen LogP contribution in [0.5, 0.6) is 11.5 Å². The van der Waals surface area contributed by atoms with Gasteiger partial charge in [-0.05, 0) is 48.2 Å². The Hall–Kier alpha value is -3.28. The van der Waals surface area contributed by atoms with Crippen molar-refractivity contribution in [2.75, 3.05) is 0 Å². The highest BCUT2D eigenvalue weighted by Crippen LogP contribution is 2.20. The summed E-state index contributed by atoms with van der Waals surface area (Å²) < 4.78 is 10.8. The third-order valence-corrected chi connectivity index (χ3v) is 7.89. The largest absolute Gasteiger partial charge is 0.422 e. The second-order valence-electron chi connectivity index (χ2n) is 11.8. The van der Waals surface area contributed by atoms with E-state index < -0.39 is 22.8 Å². The molecule has 0 bridgehead atoms. The molecule has 0 saturated carbocycles. The number of hydrogen-bond donors (Lipinski definition) is 0. The first-order valence-corrected chi connectivity index (χ1v) is 17.1. The van der Waals surface area contributed by atoms with E-state index in [2.05, 4.69) is 13.8 Å². The lowest BCUT2D eigenvalue weighted by molar-refractivity contribution is -0.135. The number of carbonyl (C=O) groups excluding carboxylic acids is 2. The summed E-state index contributed by atoms with van der Waals surface area (Å²) in [5.41, 5.74) is 0.525. The first-order valence-electron chi connectivity index (χ1n) is 17.1. The number of carbonyl (C=O) groups is 2. The molecule has 2 rings (SSSR count). The van der Waals surface area contributed by atoms with Gasteiger partial charge in [0.1, 0.15) is 0 Å². The van der Waals surface area contributed by atoms with E-state index in [0.29, 0.717) is 11.1 Å². The lowest BCUT2D eigenvalue weighted by Gasteiger charge is -2.03. The van der Waals surface area contributed by atoms with Gasteiger partial charge in [-0.15, -0.1) is 0 Å². The molecule has 242 valence electrons. The molecule has 0 heterocycles. The average molecular weight is 607 g/mol. The van der Waals surface area contributed by atoms with Crippen LogP contribution < -0.4 is 20.3 Å². The van der Waals surface area contributed by atoms with Crippen LogP contribution in [0.2, 0.25) is 0 Å². The molecule has 0 atom stereocenters. The van der Waals surface area contributed by atoms with E-state index in [4.69, 9.17) is 9.47 Å². The van der Waals surface area contributed by atoms with Crippen molar-refractivity contribution in [1.82, 2.24) is 0 Å². The van der Waals surface area contributed by atoms with Crippen molar-refractivity contribution < 1.29 is 19.1 Å². The first kappa shape index (κ1) is 36.9. The van der Waals surface area contributed by atoms with E-state index in [0.717, 1.165) is 38.5 Å². The van der Waals surface area contributed by atoms with Gasteiger partial charge in [-0.3, -0.25) is 19.2 Å². The van der Waals surface area contributed by atoms with Crippen molar-refractivity contribution in [3.63, 3.8) is 0 Å². The normalized spacial score (nSPS) is 10.9. The lowest BCUT2D eigenvalue weighted by atomic mass is 10.1. The Kier molecular flexibility index (Phi) is 19.4. The van der Waals surface area contributed by atoms with E-state index >= 15 is 0 Å². The zero-order chi connectivity index (χ0) is 31.8.